The van der Waals surface area contributed by atoms with E-state index in [0.29, 0.717) is 43.1 Å². The van der Waals surface area contributed by atoms with E-state index < -0.39 is 5.97 Å². The summed E-state index contributed by atoms with van der Waals surface area (Å²) >= 11 is 0. The summed E-state index contributed by atoms with van der Waals surface area (Å²) in [5.74, 6) is -0.416. The number of hydrogen-bond donors (Lipinski definition) is 1. The number of carbonyl (C=O) groups is 2. The Labute approximate surface area is 132 Å². The summed E-state index contributed by atoms with van der Waals surface area (Å²) in [6.45, 7) is 5.07. The molecule has 0 spiro atoms. The third-order valence-corrected chi connectivity index (χ3v) is 3.98. The molecule has 23 heavy (non-hydrogen) atoms. The van der Waals surface area contributed by atoms with Gasteiger partial charge in [-0.1, -0.05) is 5.16 Å². The van der Waals surface area contributed by atoms with Gasteiger partial charge in [0, 0.05) is 13.0 Å². The van der Waals surface area contributed by atoms with Gasteiger partial charge in [-0.15, -0.1) is 0 Å². The lowest BCUT2D eigenvalue weighted by atomic mass is 10.1. The highest BCUT2D eigenvalue weighted by Gasteiger charge is 2.27. The van der Waals surface area contributed by atoms with E-state index in [9.17, 15) is 9.59 Å². The number of fused-ring (bicyclic) bond motifs is 1. The smallest absolute Gasteiger partial charge is 0.303 e. The maximum atomic E-state index is 12.7. The lowest BCUT2D eigenvalue weighted by molar-refractivity contribution is -0.136. The summed E-state index contributed by atoms with van der Waals surface area (Å²) in [6, 6.07) is 1.87. The average Bonchev–Trinajstić information content (AvgIpc) is 3.06. The van der Waals surface area contributed by atoms with E-state index in [0.717, 1.165) is 11.4 Å². The predicted molar refractivity (Wildman–Crippen MR) is 78.9 cm³/mol. The fraction of sp³-hybridized carbons (Fsp3) is 0.467. The Morgan fingerprint density at radius 2 is 2.13 bits per heavy atom. The zero-order valence-corrected chi connectivity index (χ0v) is 13.1. The number of aromatic nitrogens is 3. The number of rotatable bonds is 4. The first-order chi connectivity index (χ1) is 11.0. The second-order valence-electron chi connectivity index (χ2n) is 5.67. The molecule has 0 unspecified atom stereocenters. The highest BCUT2D eigenvalue weighted by molar-refractivity contribution is 5.96. The fourth-order valence-corrected chi connectivity index (χ4v) is 2.80. The van der Waals surface area contributed by atoms with Crippen LogP contribution in [0.25, 0.3) is 0 Å². The molecule has 1 aliphatic rings. The number of aryl methyl sites for hydroxylation is 3. The number of hydrogen-bond acceptors (Lipinski definition) is 5. The van der Waals surface area contributed by atoms with Crippen LogP contribution in [0.1, 0.15) is 39.6 Å². The van der Waals surface area contributed by atoms with E-state index in [1.54, 1.807) is 18.7 Å². The number of carboxylic acids is 1. The molecule has 3 rings (SSSR count). The van der Waals surface area contributed by atoms with Gasteiger partial charge in [0.25, 0.3) is 5.91 Å². The normalized spacial score (nSPS) is 13.9. The van der Waals surface area contributed by atoms with E-state index >= 15 is 0 Å². The van der Waals surface area contributed by atoms with E-state index in [2.05, 4.69) is 10.3 Å². The van der Waals surface area contributed by atoms with Crippen molar-refractivity contribution in [2.45, 2.75) is 39.8 Å². The average molecular weight is 318 g/mol. The Balaban J connectivity index is 1.75. The molecule has 0 radical (unpaired) electrons. The SMILES string of the molecule is Cc1noc(C)c1C(=O)N1CCn2nc(CCC(=O)O)cc2C1. The topological polar surface area (TPSA) is 101 Å². The third-order valence-electron chi connectivity index (χ3n) is 3.98. The van der Waals surface area contributed by atoms with Gasteiger partial charge >= 0.3 is 5.97 Å². The summed E-state index contributed by atoms with van der Waals surface area (Å²) in [7, 11) is 0. The molecular weight excluding hydrogens is 300 g/mol. The van der Waals surface area contributed by atoms with Crippen LogP contribution in [0.3, 0.4) is 0 Å². The quantitative estimate of drug-likeness (QED) is 0.907. The molecule has 1 aliphatic heterocycles. The Hall–Kier alpha value is -2.64. The largest absolute Gasteiger partial charge is 0.481 e. The maximum absolute atomic E-state index is 12.7. The Morgan fingerprint density at radius 1 is 1.35 bits per heavy atom. The lowest BCUT2D eigenvalue weighted by Crippen LogP contribution is -2.38. The molecule has 0 aromatic carbocycles. The standard InChI is InChI=1S/C15H18N4O4/c1-9-14(10(2)23-17-9)15(22)18-5-6-19-12(8-18)7-11(16-19)3-4-13(20)21/h7H,3-6,8H2,1-2H3,(H,20,21). The summed E-state index contributed by atoms with van der Waals surface area (Å²) in [5, 5.41) is 17.0. The van der Waals surface area contributed by atoms with Crippen LogP contribution >= 0.6 is 0 Å². The minimum atomic E-state index is -0.841. The highest BCUT2D eigenvalue weighted by Crippen LogP contribution is 2.20. The van der Waals surface area contributed by atoms with Crippen molar-refractivity contribution in [3.8, 4) is 0 Å². The Kier molecular flexibility index (Phi) is 3.89. The maximum Gasteiger partial charge on any atom is 0.303 e. The van der Waals surface area contributed by atoms with Crippen LogP contribution in [0.5, 0.6) is 0 Å². The molecule has 0 saturated carbocycles. The van der Waals surface area contributed by atoms with Gasteiger partial charge in [-0.2, -0.15) is 5.10 Å². The number of carboxylic acid groups (broad SMARTS) is 1. The summed E-state index contributed by atoms with van der Waals surface area (Å²) in [6.07, 6.45) is 0.450. The Morgan fingerprint density at radius 3 is 2.78 bits per heavy atom. The van der Waals surface area contributed by atoms with E-state index in [1.165, 1.54) is 0 Å². The highest BCUT2D eigenvalue weighted by atomic mass is 16.5. The zero-order valence-electron chi connectivity index (χ0n) is 13.1. The van der Waals surface area contributed by atoms with Crippen molar-refractivity contribution in [1.82, 2.24) is 19.8 Å². The molecule has 0 bridgehead atoms. The molecular formula is C15H18N4O4. The van der Waals surface area contributed by atoms with Crippen LogP contribution in [0.2, 0.25) is 0 Å². The number of nitrogens with zero attached hydrogens (tertiary/aromatic N) is 4. The first-order valence-corrected chi connectivity index (χ1v) is 7.45. The summed E-state index contributed by atoms with van der Waals surface area (Å²) in [5.41, 5.74) is 2.77. The van der Waals surface area contributed by atoms with Crippen LogP contribution < -0.4 is 0 Å². The molecule has 0 fully saturated rings. The van der Waals surface area contributed by atoms with Crippen molar-refractivity contribution in [1.29, 1.82) is 0 Å². The van der Waals surface area contributed by atoms with Crippen molar-refractivity contribution in [3.05, 3.63) is 34.5 Å². The molecule has 122 valence electrons. The number of aliphatic carboxylic acids is 1. The Bertz CT molecular complexity index is 742. The van der Waals surface area contributed by atoms with Gasteiger partial charge in [0.1, 0.15) is 11.3 Å². The van der Waals surface area contributed by atoms with E-state index in [1.807, 2.05) is 10.7 Å². The molecule has 1 N–H and O–H groups in total. The first kappa shape index (κ1) is 15.3. The molecule has 0 aliphatic carbocycles. The second kappa shape index (κ2) is 5.86. The van der Waals surface area contributed by atoms with Crippen LogP contribution in [0.15, 0.2) is 10.6 Å². The van der Waals surface area contributed by atoms with Gasteiger partial charge in [0.05, 0.1) is 36.6 Å². The number of carbonyl (C=O) groups excluding carboxylic acids is 1. The van der Waals surface area contributed by atoms with Gasteiger partial charge in [0.15, 0.2) is 0 Å². The fourth-order valence-electron chi connectivity index (χ4n) is 2.80. The minimum absolute atomic E-state index is 0.0537. The molecule has 8 heteroatoms. The summed E-state index contributed by atoms with van der Waals surface area (Å²) in [4.78, 5) is 25.0. The second-order valence-corrected chi connectivity index (χ2v) is 5.67. The van der Waals surface area contributed by atoms with Crippen molar-refractivity contribution in [2.24, 2.45) is 0 Å². The van der Waals surface area contributed by atoms with Gasteiger partial charge in [-0.05, 0) is 19.9 Å². The van der Waals surface area contributed by atoms with Crippen LogP contribution in [-0.4, -0.2) is 43.4 Å². The molecule has 8 nitrogen and oxygen atoms in total. The zero-order chi connectivity index (χ0) is 16.6. The monoisotopic (exact) mass is 318 g/mol. The van der Waals surface area contributed by atoms with Crippen molar-refractivity contribution >= 4 is 11.9 Å². The molecule has 3 heterocycles. The number of amides is 1. The van der Waals surface area contributed by atoms with Gasteiger partial charge in [-0.3, -0.25) is 14.3 Å². The molecule has 2 aromatic heterocycles. The third kappa shape index (κ3) is 2.96. The lowest BCUT2D eigenvalue weighted by Gasteiger charge is -2.27. The minimum Gasteiger partial charge on any atom is -0.481 e. The van der Waals surface area contributed by atoms with E-state index in [4.69, 9.17) is 9.63 Å². The van der Waals surface area contributed by atoms with Crippen LogP contribution in [0.4, 0.5) is 0 Å². The van der Waals surface area contributed by atoms with Crippen LogP contribution in [0, 0.1) is 13.8 Å². The molecule has 2 aromatic rings. The van der Waals surface area contributed by atoms with Crippen molar-refractivity contribution in [2.75, 3.05) is 6.54 Å². The summed E-state index contributed by atoms with van der Waals surface area (Å²) < 4.78 is 6.91. The molecule has 0 saturated heterocycles. The van der Waals surface area contributed by atoms with E-state index in [-0.39, 0.29) is 12.3 Å². The van der Waals surface area contributed by atoms with Gasteiger partial charge in [0.2, 0.25) is 0 Å². The predicted octanol–water partition coefficient (Wildman–Crippen LogP) is 1.16. The molecule has 0 atom stereocenters. The van der Waals surface area contributed by atoms with Crippen LogP contribution in [-0.2, 0) is 24.3 Å². The van der Waals surface area contributed by atoms with Crippen molar-refractivity contribution < 1.29 is 19.2 Å². The first-order valence-electron chi connectivity index (χ1n) is 7.45. The van der Waals surface area contributed by atoms with Crippen molar-refractivity contribution in [3.63, 3.8) is 0 Å². The van der Waals surface area contributed by atoms with Gasteiger partial charge < -0.3 is 14.5 Å². The molecule has 1 amide bonds. The van der Waals surface area contributed by atoms with Gasteiger partial charge in [-0.25, -0.2) is 0 Å².